The molecule has 0 radical (unpaired) electrons. The summed E-state index contributed by atoms with van der Waals surface area (Å²) >= 11 is 3.27. The SMILES string of the molecule is COC(=O)C(=CC(=O)O)Nc1cc(Br)ccc1OC. The first-order valence-corrected chi connectivity index (χ1v) is 5.90. The molecule has 6 nitrogen and oxygen atoms in total. The molecule has 0 aliphatic heterocycles. The molecule has 1 aromatic carbocycles. The molecule has 0 atom stereocenters. The molecule has 0 heterocycles. The highest BCUT2D eigenvalue weighted by Gasteiger charge is 2.14. The van der Waals surface area contributed by atoms with Crippen molar-refractivity contribution in [3.8, 4) is 5.75 Å². The molecular weight excluding hydrogens is 318 g/mol. The van der Waals surface area contributed by atoms with Gasteiger partial charge in [0.15, 0.2) is 0 Å². The van der Waals surface area contributed by atoms with E-state index in [-0.39, 0.29) is 5.70 Å². The lowest BCUT2D eigenvalue weighted by atomic mass is 10.2. The minimum Gasteiger partial charge on any atom is -0.495 e. The third-order valence-electron chi connectivity index (χ3n) is 2.10. The Labute approximate surface area is 118 Å². The van der Waals surface area contributed by atoms with Crippen LogP contribution < -0.4 is 10.1 Å². The van der Waals surface area contributed by atoms with Gasteiger partial charge in [0.25, 0.3) is 0 Å². The molecule has 0 saturated heterocycles. The largest absolute Gasteiger partial charge is 0.495 e. The Balaban J connectivity index is 3.12. The van der Waals surface area contributed by atoms with E-state index in [1.807, 2.05) is 0 Å². The van der Waals surface area contributed by atoms with Crippen LogP contribution in [0.5, 0.6) is 5.75 Å². The van der Waals surface area contributed by atoms with Gasteiger partial charge in [-0.05, 0) is 18.2 Å². The molecule has 0 unspecified atom stereocenters. The first kappa shape index (κ1) is 15.0. The molecule has 19 heavy (non-hydrogen) atoms. The third kappa shape index (κ3) is 4.29. The van der Waals surface area contributed by atoms with Crippen LogP contribution >= 0.6 is 15.9 Å². The summed E-state index contributed by atoms with van der Waals surface area (Å²) in [6.45, 7) is 0. The Morgan fingerprint density at radius 2 is 2.05 bits per heavy atom. The van der Waals surface area contributed by atoms with Crippen molar-refractivity contribution >= 4 is 33.6 Å². The van der Waals surface area contributed by atoms with Crippen molar-refractivity contribution in [1.29, 1.82) is 0 Å². The molecule has 1 aromatic rings. The molecule has 0 aliphatic rings. The van der Waals surface area contributed by atoms with Gasteiger partial charge in [-0.2, -0.15) is 0 Å². The van der Waals surface area contributed by atoms with E-state index in [1.165, 1.54) is 7.11 Å². The number of rotatable bonds is 5. The molecule has 102 valence electrons. The molecule has 0 amide bonds. The summed E-state index contributed by atoms with van der Waals surface area (Å²) in [4.78, 5) is 22.1. The maximum absolute atomic E-state index is 11.5. The standard InChI is InChI=1S/C12H12BrNO5/c1-18-10-4-3-7(13)5-8(10)14-9(6-11(15)16)12(17)19-2/h3-6,14H,1-2H3,(H,15,16). The molecule has 0 saturated carbocycles. The lowest BCUT2D eigenvalue weighted by Crippen LogP contribution is -2.15. The molecular formula is C12H12BrNO5. The molecule has 0 bridgehead atoms. The van der Waals surface area contributed by atoms with Crippen LogP contribution in [0.15, 0.2) is 34.4 Å². The summed E-state index contributed by atoms with van der Waals surface area (Å²) in [6.07, 6.45) is 0.728. The fourth-order valence-corrected chi connectivity index (χ4v) is 1.66. The van der Waals surface area contributed by atoms with Gasteiger partial charge in [-0.15, -0.1) is 0 Å². The minimum atomic E-state index is -1.26. The van der Waals surface area contributed by atoms with Gasteiger partial charge in [-0.25, -0.2) is 9.59 Å². The number of nitrogens with one attached hydrogen (secondary N) is 1. The second-order valence-electron chi connectivity index (χ2n) is 3.36. The molecule has 0 aliphatic carbocycles. The average Bonchev–Trinajstić information content (AvgIpc) is 2.36. The quantitative estimate of drug-likeness (QED) is 0.635. The lowest BCUT2D eigenvalue weighted by molar-refractivity contribution is -0.137. The smallest absolute Gasteiger partial charge is 0.354 e. The van der Waals surface area contributed by atoms with Crippen molar-refractivity contribution in [3.05, 3.63) is 34.4 Å². The maximum atomic E-state index is 11.5. The second kappa shape index (κ2) is 6.79. The predicted molar refractivity (Wildman–Crippen MR) is 72.1 cm³/mol. The van der Waals surface area contributed by atoms with Crippen molar-refractivity contribution in [2.24, 2.45) is 0 Å². The highest BCUT2D eigenvalue weighted by atomic mass is 79.9. The van der Waals surface area contributed by atoms with Gasteiger partial charge in [0.2, 0.25) is 0 Å². The van der Waals surface area contributed by atoms with Crippen molar-refractivity contribution in [3.63, 3.8) is 0 Å². The van der Waals surface area contributed by atoms with Crippen LogP contribution in [0.4, 0.5) is 5.69 Å². The second-order valence-corrected chi connectivity index (χ2v) is 4.27. The number of hydrogen-bond acceptors (Lipinski definition) is 5. The molecule has 1 rings (SSSR count). The number of anilines is 1. The first-order chi connectivity index (χ1) is 8.97. The Morgan fingerprint density at radius 3 is 2.58 bits per heavy atom. The third-order valence-corrected chi connectivity index (χ3v) is 2.60. The number of halogens is 1. The fraction of sp³-hybridized carbons (Fsp3) is 0.167. The van der Waals surface area contributed by atoms with E-state index in [1.54, 1.807) is 18.2 Å². The summed E-state index contributed by atoms with van der Waals surface area (Å²) in [5, 5.41) is 11.4. The van der Waals surface area contributed by atoms with Gasteiger partial charge in [-0.3, -0.25) is 0 Å². The molecule has 0 spiro atoms. The maximum Gasteiger partial charge on any atom is 0.354 e. The number of methoxy groups -OCH3 is 2. The first-order valence-electron chi connectivity index (χ1n) is 5.11. The van der Waals surface area contributed by atoms with Crippen molar-refractivity contribution < 1.29 is 24.2 Å². The number of hydrogen-bond donors (Lipinski definition) is 2. The van der Waals surface area contributed by atoms with E-state index in [9.17, 15) is 9.59 Å². The van der Waals surface area contributed by atoms with Gasteiger partial charge >= 0.3 is 11.9 Å². The van der Waals surface area contributed by atoms with Crippen molar-refractivity contribution in [1.82, 2.24) is 0 Å². The van der Waals surface area contributed by atoms with Crippen LogP contribution in [0.2, 0.25) is 0 Å². The number of benzene rings is 1. The summed E-state index contributed by atoms with van der Waals surface area (Å²) in [6, 6.07) is 5.07. The Hall–Kier alpha value is -2.02. The zero-order valence-electron chi connectivity index (χ0n) is 10.3. The molecule has 0 fully saturated rings. The lowest BCUT2D eigenvalue weighted by Gasteiger charge is -2.12. The van der Waals surface area contributed by atoms with Crippen LogP contribution in [0.3, 0.4) is 0 Å². The molecule has 0 aromatic heterocycles. The summed E-state index contributed by atoms with van der Waals surface area (Å²) in [5.74, 6) is -1.59. The summed E-state index contributed by atoms with van der Waals surface area (Å²) in [5.41, 5.74) is 0.237. The summed E-state index contributed by atoms with van der Waals surface area (Å²) in [7, 11) is 2.63. The van der Waals surface area contributed by atoms with Crippen molar-refractivity contribution in [2.75, 3.05) is 19.5 Å². The average molecular weight is 330 g/mol. The topological polar surface area (TPSA) is 84.9 Å². The molecule has 7 heteroatoms. The highest BCUT2D eigenvalue weighted by molar-refractivity contribution is 9.10. The number of carbonyl (C=O) groups is 2. The van der Waals surface area contributed by atoms with E-state index in [0.29, 0.717) is 11.4 Å². The van der Waals surface area contributed by atoms with E-state index < -0.39 is 11.9 Å². The normalized spacial score (nSPS) is 10.8. The molecule has 2 N–H and O–H groups in total. The van der Waals surface area contributed by atoms with Gasteiger partial charge in [0.1, 0.15) is 11.4 Å². The number of esters is 1. The van der Waals surface area contributed by atoms with E-state index in [0.717, 1.165) is 17.7 Å². The van der Waals surface area contributed by atoms with Crippen LogP contribution in [0.1, 0.15) is 0 Å². The van der Waals surface area contributed by atoms with Gasteiger partial charge < -0.3 is 19.9 Å². The van der Waals surface area contributed by atoms with Gasteiger partial charge in [-0.1, -0.05) is 15.9 Å². The predicted octanol–water partition coefficient (Wildman–Crippen LogP) is 2.01. The zero-order chi connectivity index (χ0) is 14.4. The van der Waals surface area contributed by atoms with Crippen molar-refractivity contribution in [2.45, 2.75) is 0 Å². The van der Waals surface area contributed by atoms with Gasteiger partial charge in [0.05, 0.1) is 26.0 Å². The van der Waals surface area contributed by atoms with E-state index >= 15 is 0 Å². The zero-order valence-corrected chi connectivity index (χ0v) is 11.9. The minimum absolute atomic E-state index is 0.202. The Bertz CT molecular complexity index is 527. The summed E-state index contributed by atoms with van der Waals surface area (Å²) < 4.78 is 10.4. The van der Waals surface area contributed by atoms with E-state index in [4.69, 9.17) is 9.84 Å². The monoisotopic (exact) mass is 329 g/mol. The van der Waals surface area contributed by atoms with Crippen LogP contribution in [-0.4, -0.2) is 31.3 Å². The van der Waals surface area contributed by atoms with Crippen LogP contribution in [0, 0.1) is 0 Å². The number of carbonyl (C=O) groups excluding carboxylic acids is 1. The fourth-order valence-electron chi connectivity index (χ4n) is 1.30. The van der Waals surface area contributed by atoms with Gasteiger partial charge in [0, 0.05) is 4.47 Å². The van der Waals surface area contributed by atoms with Crippen LogP contribution in [0.25, 0.3) is 0 Å². The number of carboxylic acids is 1. The Kier molecular flexibility index (Phi) is 5.37. The highest BCUT2D eigenvalue weighted by Crippen LogP contribution is 2.29. The Morgan fingerprint density at radius 1 is 1.37 bits per heavy atom. The number of aliphatic carboxylic acids is 1. The number of ether oxygens (including phenoxy) is 2. The van der Waals surface area contributed by atoms with E-state index in [2.05, 4.69) is 26.0 Å². The van der Waals surface area contributed by atoms with Crippen LogP contribution in [-0.2, 0) is 14.3 Å². The number of carboxylic acid groups (broad SMARTS) is 1.